The van der Waals surface area contributed by atoms with E-state index in [4.69, 9.17) is 11.6 Å². The van der Waals surface area contributed by atoms with Crippen LogP contribution in [0.4, 0.5) is 5.69 Å². The van der Waals surface area contributed by atoms with Gasteiger partial charge in [0.2, 0.25) is 10.0 Å². The Kier molecular flexibility index (Phi) is 5.56. The molecule has 0 saturated heterocycles. The maximum Gasteiger partial charge on any atom is 0.255 e. The number of hydrogen-bond donors (Lipinski definition) is 2. The lowest BCUT2D eigenvalue weighted by Crippen LogP contribution is -2.40. The van der Waals surface area contributed by atoms with Gasteiger partial charge in [-0.05, 0) is 63.6 Å². The highest BCUT2D eigenvalue weighted by atomic mass is 35.5. The van der Waals surface area contributed by atoms with Crippen molar-refractivity contribution in [3.63, 3.8) is 0 Å². The van der Waals surface area contributed by atoms with E-state index in [2.05, 4.69) is 10.0 Å². The number of aryl methyl sites for hydroxylation is 1. The Labute approximate surface area is 153 Å². The average molecular weight is 381 g/mol. The highest BCUT2D eigenvalue weighted by molar-refractivity contribution is 7.89. The molecule has 5 nitrogen and oxygen atoms in total. The van der Waals surface area contributed by atoms with Crippen LogP contribution in [0.5, 0.6) is 0 Å². The average Bonchev–Trinajstić information content (AvgIpc) is 2.49. The van der Waals surface area contributed by atoms with E-state index in [1.54, 1.807) is 45.0 Å². The Balaban J connectivity index is 2.25. The van der Waals surface area contributed by atoms with Gasteiger partial charge in [0, 0.05) is 21.8 Å². The fourth-order valence-electron chi connectivity index (χ4n) is 2.14. The molecule has 1 amide bonds. The number of carbonyl (C=O) groups excluding carboxylic acids is 1. The van der Waals surface area contributed by atoms with E-state index >= 15 is 0 Å². The van der Waals surface area contributed by atoms with Crippen LogP contribution >= 0.6 is 11.6 Å². The van der Waals surface area contributed by atoms with Gasteiger partial charge in [0.25, 0.3) is 5.91 Å². The number of carbonyl (C=O) groups is 1. The summed E-state index contributed by atoms with van der Waals surface area (Å²) in [5.41, 5.74) is 1.08. The molecule has 134 valence electrons. The first-order valence-electron chi connectivity index (χ1n) is 7.69. The van der Waals surface area contributed by atoms with Gasteiger partial charge in [-0.25, -0.2) is 13.1 Å². The van der Waals surface area contributed by atoms with Crippen LogP contribution in [0.3, 0.4) is 0 Å². The molecular formula is C18H21ClN2O3S. The number of rotatable bonds is 4. The summed E-state index contributed by atoms with van der Waals surface area (Å²) >= 11 is 6.05. The molecule has 2 N–H and O–H groups in total. The lowest BCUT2D eigenvalue weighted by molar-refractivity contribution is 0.102. The highest BCUT2D eigenvalue weighted by Crippen LogP contribution is 2.21. The number of sulfonamides is 1. The molecule has 7 heteroatoms. The van der Waals surface area contributed by atoms with E-state index in [-0.39, 0.29) is 10.5 Å². The van der Waals surface area contributed by atoms with Crippen LogP contribution in [-0.4, -0.2) is 19.9 Å². The van der Waals surface area contributed by atoms with E-state index in [9.17, 15) is 13.2 Å². The van der Waals surface area contributed by atoms with Gasteiger partial charge in [-0.3, -0.25) is 4.79 Å². The third-order valence-electron chi connectivity index (χ3n) is 3.28. The summed E-state index contributed by atoms with van der Waals surface area (Å²) < 4.78 is 27.4. The molecule has 0 heterocycles. The Morgan fingerprint density at radius 2 is 1.76 bits per heavy atom. The fourth-order valence-corrected chi connectivity index (χ4v) is 3.78. The Bertz CT molecular complexity index is 903. The van der Waals surface area contributed by atoms with Crippen molar-refractivity contribution in [2.24, 2.45) is 0 Å². The first-order chi connectivity index (χ1) is 11.5. The molecule has 2 aromatic rings. The Morgan fingerprint density at radius 1 is 1.08 bits per heavy atom. The van der Waals surface area contributed by atoms with Gasteiger partial charge < -0.3 is 5.32 Å². The zero-order valence-electron chi connectivity index (χ0n) is 14.6. The third kappa shape index (κ3) is 5.29. The van der Waals surface area contributed by atoms with Crippen LogP contribution in [0, 0.1) is 6.92 Å². The van der Waals surface area contributed by atoms with Gasteiger partial charge in [-0.2, -0.15) is 0 Å². The summed E-state index contributed by atoms with van der Waals surface area (Å²) in [7, 11) is -3.71. The quantitative estimate of drug-likeness (QED) is 0.842. The molecule has 0 atom stereocenters. The molecule has 0 fully saturated rings. The van der Waals surface area contributed by atoms with Gasteiger partial charge in [-0.15, -0.1) is 0 Å². The maximum absolute atomic E-state index is 12.4. The zero-order valence-corrected chi connectivity index (χ0v) is 16.1. The second-order valence-electron chi connectivity index (χ2n) is 6.80. The molecule has 0 unspecified atom stereocenters. The van der Waals surface area contributed by atoms with Crippen molar-refractivity contribution in [2.75, 3.05) is 5.32 Å². The summed E-state index contributed by atoms with van der Waals surface area (Å²) in [4.78, 5) is 12.4. The van der Waals surface area contributed by atoms with Gasteiger partial charge in [-0.1, -0.05) is 23.7 Å². The van der Waals surface area contributed by atoms with Crippen molar-refractivity contribution >= 4 is 33.2 Å². The lowest BCUT2D eigenvalue weighted by Gasteiger charge is -2.20. The number of anilines is 1. The molecule has 0 bridgehead atoms. The predicted molar refractivity (Wildman–Crippen MR) is 101 cm³/mol. The van der Waals surface area contributed by atoms with Crippen molar-refractivity contribution in [1.82, 2.24) is 4.72 Å². The van der Waals surface area contributed by atoms with Gasteiger partial charge in [0.1, 0.15) is 0 Å². The Morgan fingerprint density at radius 3 is 2.36 bits per heavy atom. The SMILES string of the molecule is Cc1ccc(NC(=O)c2cccc(S(=O)(=O)NC(C)(C)C)c2)cc1Cl. The minimum atomic E-state index is -3.71. The van der Waals surface area contributed by atoms with Crippen molar-refractivity contribution < 1.29 is 13.2 Å². The van der Waals surface area contributed by atoms with Crippen LogP contribution < -0.4 is 10.0 Å². The maximum atomic E-state index is 12.4. The summed E-state index contributed by atoms with van der Waals surface area (Å²) in [6.45, 7) is 7.12. The monoisotopic (exact) mass is 380 g/mol. The number of hydrogen-bond acceptors (Lipinski definition) is 3. The molecule has 0 saturated carbocycles. The van der Waals surface area contributed by atoms with Gasteiger partial charge >= 0.3 is 0 Å². The number of nitrogens with one attached hydrogen (secondary N) is 2. The van der Waals surface area contributed by atoms with E-state index in [1.165, 1.54) is 18.2 Å². The predicted octanol–water partition coefficient (Wildman–Crippen LogP) is 3.98. The second-order valence-corrected chi connectivity index (χ2v) is 8.89. The van der Waals surface area contributed by atoms with E-state index in [0.717, 1.165) is 5.56 Å². The molecule has 0 aliphatic carbocycles. The molecule has 2 aromatic carbocycles. The standard InChI is InChI=1S/C18H21ClN2O3S/c1-12-8-9-14(11-16(12)19)20-17(22)13-6-5-7-15(10-13)25(23,24)21-18(2,3)4/h5-11,21H,1-4H3,(H,20,22). The lowest BCUT2D eigenvalue weighted by atomic mass is 10.1. The third-order valence-corrected chi connectivity index (χ3v) is 5.44. The molecule has 0 aromatic heterocycles. The highest BCUT2D eigenvalue weighted by Gasteiger charge is 2.22. The second kappa shape index (κ2) is 7.15. The van der Waals surface area contributed by atoms with Crippen LogP contribution in [0.15, 0.2) is 47.4 Å². The molecular weight excluding hydrogens is 360 g/mol. The first kappa shape index (κ1) is 19.4. The van der Waals surface area contributed by atoms with Crippen molar-refractivity contribution in [3.8, 4) is 0 Å². The minimum absolute atomic E-state index is 0.0389. The van der Waals surface area contributed by atoms with Crippen molar-refractivity contribution in [2.45, 2.75) is 38.1 Å². The van der Waals surface area contributed by atoms with Gasteiger partial charge in [0.05, 0.1) is 4.90 Å². The zero-order chi connectivity index (χ0) is 18.8. The summed E-state index contributed by atoms with van der Waals surface area (Å²) in [6.07, 6.45) is 0. The molecule has 0 radical (unpaired) electrons. The molecule has 0 spiro atoms. The van der Waals surface area contributed by atoms with Crippen LogP contribution in [0.25, 0.3) is 0 Å². The van der Waals surface area contributed by atoms with Gasteiger partial charge in [0.15, 0.2) is 0 Å². The van der Waals surface area contributed by atoms with Crippen LogP contribution in [0.1, 0.15) is 36.7 Å². The summed E-state index contributed by atoms with van der Waals surface area (Å²) in [6, 6.07) is 11.1. The van der Waals surface area contributed by atoms with E-state index in [0.29, 0.717) is 10.7 Å². The summed E-state index contributed by atoms with van der Waals surface area (Å²) in [5, 5.41) is 3.26. The molecule has 0 aliphatic rings. The number of benzene rings is 2. The van der Waals surface area contributed by atoms with Crippen LogP contribution in [0.2, 0.25) is 5.02 Å². The first-order valence-corrected chi connectivity index (χ1v) is 9.56. The minimum Gasteiger partial charge on any atom is -0.322 e. The number of amides is 1. The van der Waals surface area contributed by atoms with E-state index < -0.39 is 21.5 Å². The largest absolute Gasteiger partial charge is 0.322 e. The Hall–Kier alpha value is -1.89. The van der Waals surface area contributed by atoms with E-state index in [1.807, 2.05) is 6.92 Å². The fraction of sp³-hybridized carbons (Fsp3) is 0.278. The molecule has 25 heavy (non-hydrogen) atoms. The molecule has 2 rings (SSSR count). The number of halogens is 1. The summed E-state index contributed by atoms with van der Waals surface area (Å²) in [5.74, 6) is -0.410. The smallest absolute Gasteiger partial charge is 0.255 e. The normalized spacial score (nSPS) is 12.0. The van der Waals surface area contributed by atoms with Crippen molar-refractivity contribution in [1.29, 1.82) is 0 Å². The van der Waals surface area contributed by atoms with Crippen LogP contribution in [-0.2, 0) is 10.0 Å². The topological polar surface area (TPSA) is 75.3 Å². The molecule has 0 aliphatic heterocycles. The van der Waals surface area contributed by atoms with Crippen molar-refractivity contribution in [3.05, 3.63) is 58.6 Å².